The highest BCUT2D eigenvalue weighted by atomic mass is 16.2. The van der Waals surface area contributed by atoms with Crippen LogP contribution in [0.5, 0.6) is 0 Å². The fourth-order valence-corrected chi connectivity index (χ4v) is 4.91. The number of aliphatic imine (C=N–C) groups is 1. The third kappa shape index (κ3) is 3.93. The van der Waals surface area contributed by atoms with Gasteiger partial charge >= 0.3 is 0 Å². The lowest BCUT2D eigenvalue weighted by molar-refractivity contribution is -0.140. The summed E-state index contributed by atoms with van der Waals surface area (Å²) in [5.74, 6) is 1.55. The Kier molecular flexibility index (Phi) is 5.69. The molecule has 2 N–H and O–H groups in total. The zero-order valence-electron chi connectivity index (χ0n) is 17.1. The third-order valence-electron chi connectivity index (χ3n) is 6.31. The van der Waals surface area contributed by atoms with Gasteiger partial charge in [0.05, 0.1) is 11.8 Å². The van der Waals surface area contributed by atoms with E-state index in [2.05, 4.69) is 39.8 Å². The summed E-state index contributed by atoms with van der Waals surface area (Å²) in [4.78, 5) is 31.1. The molecule has 1 saturated carbocycles. The van der Waals surface area contributed by atoms with E-state index in [1.54, 1.807) is 13.2 Å². The number of nitrogens with zero attached hydrogens (tertiary/aromatic N) is 4. The van der Waals surface area contributed by atoms with Gasteiger partial charge in [0.15, 0.2) is 5.96 Å². The zero-order chi connectivity index (χ0) is 20.4. The van der Waals surface area contributed by atoms with Crippen molar-refractivity contribution in [2.24, 2.45) is 34.6 Å². The molecule has 1 aliphatic heterocycles. The lowest BCUT2D eigenvalue weighted by Crippen LogP contribution is -2.41. The second kappa shape index (κ2) is 8.39. The van der Waals surface area contributed by atoms with E-state index in [1.807, 2.05) is 16.9 Å². The summed E-state index contributed by atoms with van der Waals surface area (Å²) in [5, 5.41) is 10.8. The molecule has 2 aliphatic carbocycles. The van der Waals surface area contributed by atoms with Crippen molar-refractivity contribution < 1.29 is 9.59 Å². The molecule has 1 saturated heterocycles. The van der Waals surface area contributed by atoms with Crippen LogP contribution in [0.25, 0.3) is 0 Å². The largest absolute Gasteiger partial charge is 0.356 e. The Morgan fingerprint density at radius 3 is 2.59 bits per heavy atom. The van der Waals surface area contributed by atoms with Crippen molar-refractivity contribution in [2.75, 3.05) is 26.7 Å². The molecule has 2 amide bonds. The molecule has 2 heterocycles. The van der Waals surface area contributed by atoms with Crippen LogP contribution >= 0.6 is 0 Å². The molecule has 0 radical (unpaired) electrons. The Labute approximate surface area is 171 Å². The number of rotatable bonds is 8. The van der Waals surface area contributed by atoms with Crippen LogP contribution < -0.4 is 10.6 Å². The highest BCUT2D eigenvalue weighted by Gasteiger charge is 2.58. The fourth-order valence-electron chi connectivity index (χ4n) is 4.91. The van der Waals surface area contributed by atoms with Crippen molar-refractivity contribution in [3.63, 3.8) is 0 Å². The molecule has 0 aromatic carbocycles. The van der Waals surface area contributed by atoms with Gasteiger partial charge < -0.3 is 10.6 Å². The maximum atomic E-state index is 12.7. The second-order valence-corrected chi connectivity index (χ2v) is 8.39. The zero-order valence-corrected chi connectivity index (χ0v) is 17.1. The molecular formula is C21H30N6O2. The normalized spacial score (nSPS) is 28.9. The number of imide groups is 1. The predicted octanol–water partition coefficient (Wildman–Crippen LogP) is 0.881. The Morgan fingerprint density at radius 1 is 1.24 bits per heavy atom. The van der Waals surface area contributed by atoms with E-state index in [0.717, 1.165) is 25.5 Å². The van der Waals surface area contributed by atoms with E-state index in [0.29, 0.717) is 25.4 Å². The minimum atomic E-state index is -0.101. The lowest BCUT2D eigenvalue weighted by atomic mass is 9.85. The maximum Gasteiger partial charge on any atom is 0.233 e. The molecule has 156 valence electrons. The number of hydrogen-bond donors (Lipinski definition) is 2. The SMILES string of the molecule is CN=C(NCCCN1C(=O)C2C3C=CC(C3)C2C1=O)NCC(C)Cn1cccn1. The minimum Gasteiger partial charge on any atom is -0.356 e. The van der Waals surface area contributed by atoms with Gasteiger partial charge in [-0.25, -0.2) is 0 Å². The van der Waals surface area contributed by atoms with Crippen molar-refractivity contribution in [3.8, 4) is 0 Å². The van der Waals surface area contributed by atoms with Gasteiger partial charge in [-0.3, -0.25) is 24.2 Å². The fraction of sp³-hybridized carbons (Fsp3) is 0.619. The average molecular weight is 399 g/mol. The van der Waals surface area contributed by atoms with E-state index < -0.39 is 0 Å². The van der Waals surface area contributed by atoms with Crippen molar-refractivity contribution in [2.45, 2.75) is 26.3 Å². The molecule has 8 nitrogen and oxygen atoms in total. The number of carbonyl (C=O) groups excluding carboxylic acids is 2. The number of aromatic nitrogens is 2. The van der Waals surface area contributed by atoms with E-state index in [-0.39, 0.29) is 35.5 Å². The monoisotopic (exact) mass is 398 g/mol. The van der Waals surface area contributed by atoms with Crippen molar-refractivity contribution in [1.82, 2.24) is 25.3 Å². The molecule has 5 unspecified atom stereocenters. The van der Waals surface area contributed by atoms with Gasteiger partial charge in [-0.15, -0.1) is 0 Å². The summed E-state index contributed by atoms with van der Waals surface area (Å²) in [5.41, 5.74) is 0. The molecule has 29 heavy (non-hydrogen) atoms. The highest BCUT2D eigenvalue weighted by molar-refractivity contribution is 6.06. The van der Waals surface area contributed by atoms with Crippen LogP contribution in [-0.2, 0) is 16.1 Å². The maximum absolute atomic E-state index is 12.7. The summed E-state index contributed by atoms with van der Waals surface area (Å²) in [6, 6.07) is 1.92. The first-order valence-corrected chi connectivity index (χ1v) is 10.5. The number of carbonyl (C=O) groups is 2. The molecule has 1 aromatic heterocycles. The van der Waals surface area contributed by atoms with Gasteiger partial charge in [0.25, 0.3) is 0 Å². The smallest absolute Gasteiger partial charge is 0.233 e. The van der Waals surface area contributed by atoms with Gasteiger partial charge in [0, 0.05) is 45.6 Å². The van der Waals surface area contributed by atoms with Crippen molar-refractivity contribution in [3.05, 3.63) is 30.6 Å². The summed E-state index contributed by atoms with van der Waals surface area (Å²) >= 11 is 0. The van der Waals surface area contributed by atoms with E-state index in [4.69, 9.17) is 0 Å². The second-order valence-electron chi connectivity index (χ2n) is 8.39. The van der Waals surface area contributed by atoms with Crippen LogP contribution in [0.15, 0.2) is 35.6 Å². The number of amides is 2. The molecular weight excluding hydrogens is 368 g/mol. The first-order valence-electron chi connectivity index (χ1n) is 10.5. The average Bonchev–Trinajstić information content (AvgIpc) is 3.49. The highest BCUT2D eigenvalue weighted by Crippen LogP contribution is 2.52. The summed E-state index contributed by atoms with van der Waals surface area (Å²) in [7, 11) is 1.74. The Hall–Kier alpha value is -2.64. The number of likely N-dealkylation sites (tertiary alicyclic amines) is 1. The standard InChI is InChI=1S/C21H30N6O2/c1-14(13-26-9-4-8-25-26)12-24-21(22-2)23-7-3-10-27-19(28)17-15-5-6-16(11-15)18(17)20(27)29/h4-6,8-9,14-18H,3,7,10-13H2,1-2H3,(H2,22,23,24). The van der Waals surface area contributed by atoms with Crippen LogP contribution in [0.4, 0.5) is 0 Å². The summed E-state index contributed by atoms with van der Waals surface area (Å²) < 4.78 is 1.92. The summed E-state index contributed by atoms with van der Waals surface area (Å²) in [6.45, 7) is 4.91. The Bertz CT molecular complexity index is 772. The molecule has 2 bridgehead atoms. The van der Waals surface area contributed by atoms with E-state index in [9.17, 15) is 9.59 Å². The van der Waals surface area contributed by atoms with Crippen molar-refractivity contribution in [1.29, 1.82) is 0 Å². The van der Waals surface area contributed by atoms with E-state index >= 15 is 0 Å². The van der Waals surface area contributed by atoms with Crippen LogP contribution in [0, 0.1) is 29.6 Å². The number of nitrogens with one attached hydrogen (secondary N) is 2. The molecule has 0 spiro atoms. The number of fused-ring (bicyclic) bond motifs is 5. The van der Waals surface area contributed by atoms with Crippen LogP contribution in [-0.4, -0.2) is 59.1 Å². The predicted molar refractivity (Wildman–Crippen MR) is 110 cm³/mol. The number of allylic oxidation sites excluding steroid dienone is 2. The van der Waals surface area contributed by atoms with Gasteiger partial charge in [-0.1, -0.05) is 19.1 Å². The minimum absolute atomic E-state index is 0.0341. The van der Waals surface area contributed by atoms with Gasteiger partial charge in [0.1, 0.15) is 0 Å². The first-order chi connectivity index (χ1) is 14.1. The molecule has 8 heteroatoms. The third-order valence-corrected chi connectivity index (χ3v) is 6.31. The molecule has 4 rings (SSSR count). The Morgan fingerprint density at radius 2 is 1.97 bits per heavy atom. The van der Waals surface area contributed by atoms with Gasteiger partial charge in [-0.2, -0.15) is 5.10 Å². The lowest BCUT2D eigenvalue weighted by Gasteiger charge is -2.18. The van der Waals surface area contributed by atoms with Crippen molar-refractivity contribution >= 4 is 17.8 Å². The van der Waals surface area contributed by atoms with Gasteiger partial charge in [0.2, 0.25) is 11.8 Å². The quantitative estimate of drug-likeness (QED) is 0.223. The summed E-state index contributed by atoms with van der Waals surface area (Å²) in [6.07, 6.45) is 9.69. The van der Waals surface area contributed by atoms with Crippen LogP contribution in [0.1, 0.15) is 19.8 Å². The Balaban J connectivity index is 1.17. The number of guanidine groups is 1. The molecule has 1 aromatic rings. The molecule has 5 atom stereocenters. The van der Waals surface area contributed by atoms with Crippen LogP contribution in [0.3, 0.4) is 0 Å². The molecule has 2 fully saturated rings. The van der Waals surface area contributed by atoms with Gasteiger partial charge in [-0.05, 0) is 36.7 Å². The first kappa shape index (κ1) is 19.7. The topological polar surface area (TPSA) is 91.6 Å². The molecule has 3 aliphatic rings. The van der Waals surface area contributed by atoms with E-state index in [1.165, 1.54) is 4.90 Å². The number of hydrogen-bond acceptors (Lipinski definition) is 4. The van der Waals surface area contributed by atoms with Crippen LogP contribution in [0.2, 0.25) is 0 Å².